The van der Waals surface area contributed by atoms with Gasteiger partial charge in [-0.15, -0.1) is 0 Å². The number of nitrogens with one attached hydrogen (secondary N) is 1. The Balaban J connectivity index is 2.94. The van der Waals surface area contributed by atoms with E-state index in [0.717, 1.165) is 0 Å². The molecule has 2 unspecified atom stereocenters. The maximum absolute atomic E-state index is 11.9. The van der Waals surface area contributed by atoms with E-state index in [9.17, 15) is 9.59 Å². The quantitative estimate of drug-likeness (QED) is 0.810. The van der Waals surface area contributed by atoms with Crippen LogP contribution >= 0.6 is 0 Å². The van der Waals surface area contributed by atoms with Gasteiger partial charge < -0.3 is 14.8 Å². The zero-order valence-electron chi connectivity index (χ0n) is 14.9. The molecule has 0 radical (unpaired) electrons. The highest BCUT2D eigenvalue weighted by atomic mass is 16.6. The average Bonchev–Trinajstić information content (AvgIpc) is 2.41. The smallest absolute Gasteiger partial charge is 0.302 e. The number of carbonyl (C=O) groups is 2. The summed E-state index contributed by atoms with van der Waals surface area (Å²) in [7, 11) is 0. The predicted molar refractivity (Wildman–Crippen MR) is 85.3 cm³/mol. The van der Waals surface area contributed by atoms with Gasteiger partial charge in [-0.3, -0.25) is 9.59 Å². The van der Waals surface area contributed by atoms with Gasteiger partial charge in [0.2, 0.25) is 5.91 Å². The van der Waals surface area contributed by atoms with Crippen LogP contribution in [0, 0.1) is 17.3 Å². The molecule has 1 fully saturated rings. The van der Waals surface area contributed by atoms with Crippen molar-refractivity contribution in [3.8, 4) is 0 Å². The first-order chi connectivity index (χ1) is 10.1. The molecule has 5 nitrogen and oxygen atoms in total. The van der Waals surface area contributed by atoms with Crippen LogP contribution < -0.4 is 5.32 Å². The molecule has 0 aromatic carbocycles. The van der Waals surface area contributed by atoms with E-state index in [4.69, 9.17) is 9.47 Å². The molecule has 1 rings (SSSR count). The first kappa shape index (κ1) is 18.9. The second-order valence-corrected chi connectivity index (χ2v) is 7.43. The average molecular weight is 313 g/mol. The summed E-state index contributed by atoms with van der Waals surface area (Å²) in [6, 6.07) is -0.0315. The number of ether oxygens (including phenoxy) is 2. The zero-order valence-corrected chi connectivity index (χ0v) is 14.9. The van der Waals surface area contributed by atoms with E-state index < -0.39 is 0 Å². The van der Waals surface area contributed by atoms with E-state index in [-0.39, 0.29) is 54.0 Å². The van der Waals surface area contributed by atoms with Crippen LogP contribution in [0.3, 0.4) is 0 Å². The number of hydrogen-bond acceptors (Lipinski definition) is 4. The number of rotatable bonds is 4. The van der Waals surface area contributed by atoms with Crippen LogP contribution in [-0.4, -0.2) is 36.7 Å². The molecule has 1 saturated heterocycles. The van der Waals surface area contributed by atoms with Gasteiger partial charge in [0, 0.05) is 13.3 Å². The Kier molecular flexibility index (Phi) is 6.41. The molecular weight excluding hydrogens is 282 g/mol. The molecule has 1 heterocycles. The Bertz CT molecular complexity index is 402. The van der Waals surface area contributed by atoms with Crippen molar-refractivity contribution in [3.05, 3.63) is 0 Å². The highest BCUT2D eigenvalue weighted by molar-refractivity contribution is 5.76. The third-order valence-electron chi connectivity index (χ3n) is 4.58. The van der Waals surface area contributed by atoms with Crippen molar-refractivity contribution in [3.63, 3.8) is 0 Å². The fourth-order valence-corrected chi connectivity index (χ4v) is 2.97. The summed E-state index contributed by atoms with van der Waals surface area (Å²) in [4.78, 5) is 22.9. The molecular formula is C17H31NO4. The topological polar surface area (TPSA) is 64.6 Å². The van der Waals surface area contributed by atoms with Crippen molar-refractivity contribution < 1.29 is 19.1 Å². The zero-order chi connectivity index (χ0) is 17.1. The van der Waals surface area contributed by atoms with Gasteiger partial charge in [-0.1, -0.05) is 41.5 Å². The van der Waals surface area contributed by atoms with Crippen LogP contribution in [-0.2, 0) is 19.1 Å². The number of amides is 1. The van der Waals surface area contributed by atoms with Gasteiger partial charge in [0.15, 0.2) is 0 Å². The summed E-state index contributed by atoms with van der Waals surface area (Å²) in [5.74, 6) is 0.187. The maximum Gasteiger partial charge on any atom is 0.302 e. The summed E-state index contributed by atoms with van der Waals surface area (Å²) in [6.07, 6.45) is 0.207. The summed E-state index contributed by atoms with van der Waals surface area (Å²) < 4.78 is 11.4. The van der Waals surface area contributed by atoms with Gasteiger partial charge in [-0.2, -0.15) is 0 Å². The number of esters is 1. The second kappa shape index (κ2) is 7.44. The largest absolute Gasteiger partial charge is 0.463 e. The van der Waals surface area contributed by atoms with E-state index in [2.05, 4.69) is 39.9 Å². The second-order valence-electron chi connectivity index (χ2n) is 7.43. The Labute approximate surface area is 134 Å². The Hall–Kier alpha value is -1.10. The van der Waals surface area contributed by atoms with Gasteiger partial charge in [0.25, 0.3) is 0 Å². The molecule has 1 N–H and O–H groups in total. The molecule has 128 valence electrons. The van der Waals surface area contributed by atoms with Crippen molar-refractivity contribution in [2.45, 2.75) is 73.1 Å². The molecule has 0 spiro atoms. The van der Waals surface area contributed by atoms with E-state index in [1.54, 1.807) is 0 Å². The van der Waals surface area contributed by atoms with Crippen molar-refractivity contribution in [2.24, 2.45) is 17.3 Å². The molecule has 22 heavy (non-hydrogen) atoms. The third-order valence-corrected chi connectivity index (χ3v) is 4.58. The maximum atomic E-state index is 11.9. The molecule has 0 aromatic rings. The van der Waals surface area contributed by atoms with Gasteiger partial charge >= 0.3 is 5.97 Å². The van der Waals surface area contributed by atoms with E-state index in [0.29, 0.717) is 6.42 Å². The highest BCUT2D eigenvalue weighted by Gasteiger charge is 2.46. The number of carbonyl (C=O) groups excluding carboxylic acids is 2. The fraction of sp³-hybridized carbons (Fsp3) is 0.882. The van der Waals surface area contributed by atoms with Crippen molar-refractivity contribution in [1.82, 2.24) is 5.32 Å². The van der Waals surface area contributed by atoms with E-state index in [1.807, 2.05) is 6.92 Å². The third kappa shape index (κ3) is 4.70. The Morgan fingerprint density at radius 3 is 2.23 bits per heavy atom. The molecule has 0 saturated carbocycles. The minimum atomic E-state index is -0.294. The molecule has 1 amide bonds. The minimum Gasteiger partial charge on any atom is -0.463 e. The molecule has 0 aromatic heterocycles. The summed E-state index contributed by atoms with van der Waals surface area (Å²) in [5.41, 5.74) is -0.117. The Morgan fingerprint density at radius 2 is 1.77 bits per heavy atom. The van der Waals surface area contributed by atoms with Crippen LogP contribution in [0.5, 0.6) is 0 Å². The molecule has 1 aliphatic rings. The first-order valence-electron chi connectivity index (χ1n) is 8.16. The minimum absolute atomic E-state index is 0.0315. The van der Waals surface area contributed by atoms with Crippen LogP contribution in [0.1, 0.15) is 54.9 Å². The SMILES string of the molecule is CCC(=O)NC1[C@@H](C)[C@H](C)C(COC(C)=O)O[C@H]1C(C)(C)C. The lowest BCUT2D eigenvalue weighted by Gasteiger charge is -2.49. The molecule has 0 bridgehead atoms. The fourth-order valence-electron chi connectivity index (χ4n) is 2.97. The normalized spacial score (nSPS) is 32.4. The van der Waals surface area contributed by atoms with Crippen molar-refractivity contribution in [1.29, 1.82) is 0 Å². The lowest BCUT2D eigenvalue weighted by molar-refractivity contribution is -0.182. The lowest BCUT2D eigenvalue weighted by atomic mass is 9.72. The van der Waals surface area contributed by atoms with Crippen molar-refractivity contribution >= 4 is 11.9 Å². The van der Waals surface area contributed by atoms with Crippen molar-refractivity contribution in [2.75, 3.05) is 6.61 Å². The molecule has 5 atom stereocenters. The number of hydrogen-bond donors (Lipinski definition) is 1. The lowest BCUT2D eigenvalue weighted by Crippen LogP contribution is -2.61. The van der Waals surface area contributed by atoms with Crippen LogP contribution in [0.15, 0.2) is 0 Å². The highest BCUT2D eigenvalue weighted by Crippen LogP contribution is 2.38. The molecule has 1 aliphatic heterocycles. The van der Waals surface area contributed by atoms with Gasteiger partial charge in [-0.05, 0) is 17.3 Å². The molecule has 5 heteroatoms. The summed E-state index contributed by atoms with van der Waals surface area (Å²) >= 11 is 0. The van der Waals surface area contributed by atoms with Gasteiger partial charge in [0.1, 0.15) is 6.61 Å². The monoisotopic (exact) mass is 313 g/mol. The summed E-state index contributed by atoms with van der Waals surface area (Å²) in [6.45, 7) is 14.1. The van der Waals surface area contributed by atoms with E-state index in [1.165, 1.54) is 6.92 Å². The molecule has 0 aliphatic carbocycles. The van der Waals surface area contributed by atoms with Crippen LogP contribution in [0.25, 0.3) is 0 Å². The van der Waals surface area contributed by atoms with Gasteiger partial charge in [-0.25, -0.2) is 0 Å². The Morgan fingerprint density at radius 1 is 1.18 bits per heavy atom. The van der Waals surface area contributed by atoms with Crippen LogP contribution in [0.2, 0.25) is 0 Å². The standard InChI is InChI=1S/C17H31NO4/c1-8-14(20)18-15-11(3)10(2)13(9-21-12(4)19)22-16(15)17(5,6)7/h10-11,13,15-16H,8-9H2,1-7H3,(H,18,20)/t10-,11-,13?,15?,16+/m0/s1. The first-order valence-corrected chi connectivity index (χ1v) is 8.16. The van der Waals surface area contributed by atoms with Gasteiger partial charge in [0.05, 0.1) is 18.2 Å². The predicted octanol–water partition coefficient (Wildman–Crippen LogP) is 2.53. The summed E-state index contributed by atoms with van der Waals surface area (Å²) in [5, 5.41) is 3.12. The van der Waals surface area contributed by atoms with E-state index >= 15 is 0 Å². The van der Waals surface area contributed by atoms with Crippen LogP contribution in [0.4, 0.5) is 0 Å².